The monoisotopic (exact) mass is 240 g/mol. The van der Waals surface area contributed by atoms with E-state index in [4.69, 9.17) is 21.9 Å². The summed E-state index contributed by atoms with van der Waals surface area (Å²) >= 11 is 5.79. The normalized spacial score (nSPS) is 12.8. The first-order valence-electron chi connectivity index (χ1n) is 4.75. The van der Waals surface area contributed by atoms with Gasteiger partial charge in [0, 0.05) is 16.7 Å². The molecule has 0 saturated heterocycles. The summed E-state index contributed by atoms with van der Waals surface area (Å²) in [7, 11) is 0. The van der Waals surface area contributed by atoms with Gasteiger partial charge in [-0.2, -0.15) is 0 Å². The summed E-state index contributed by atoms with van der Waals surface area (Å²) in [5.74, 6) is 0.114. The molecule has 0 aliphatic carbocycles. The van der Waals surface area contributed by atoms with E-state index in [2.05, 4.69) is 5.16 Å². The van der Waals surface area contributed by atoms with Crippen molar-refractivity contribution in [3.63, 3.8) is 0 Å². The third kappa shape index (κ3) is 2.08. The van der Waals surface area contributed by atoms with Crippen molar-refractivity contribution in [3.05, 3.63) is 40.9 Å². The highest BCUT2D eigenvalue weighted by Gasteiger charge is 2.13. The van der Waals surface area contributed by atoms with Crippen LogP contribution < -0.4 is 5.73 Å². The molecule has 0 radical (unpaired) electrons. The van der Waals surface area contributed by atoms with Gasteiger partial charge in [0.25, 0.3) is 0 Å². The van der Waals surface area contributed by atoms with Crippen LogP contribution in [-0.2, 0) is 0 Å². The Labute approximate surface area is 97.0 Å². The minimum absolute atomic E-state index is 0.275. The molecule has 0 fully saturated rings. The van der Waals surface area contributed by atoms with Crippen molar-refractivity contribution in [3.8, 4) is 11.3 Å². The van der Waals surface area contributed by atoms with Crippen LogP contribution in [0.2, 0.25) is 5.02 Å². The Morgan fingerprint density at radius 1 is 1.44 bits per heavy atom. The molecule has 2 N–H and O–H groups in total. The summed E-state index contributed by atoms with van der Waals surface area (Å²) in [4.78, 5) is 0. The zero-order chi connectivity index (χ0) is 11.7. The second-order valence-corrected chi connectivity index (χ2v) is 3.96. The summed E-state index contributed by atoms with van der Waals surface area (Å²) < 4.78 is 18.5. The zero-order valence-electron chi connectivity index (χ0n) is 8.58. The standard InChI is InChI=1S/C11H10ClFN2O/c1-6(14)11-5-10(15-16-11)8-4-7(12)2-3-9(8)13/h2-6H,14H2,1H3. The molecule has 0 bridgehead atoms. The zero-order valence-corrected chi connectivity index (χ0v) is 9.33. The fraction of sp³-hybridized carbons (Fsp3) is 0.182. The topological polar surface area (TPSA) is 52.0 Å². The Kier molecular flexibility index (Phi) is 2.94. The van der Waals surface area contributed by atoms with Crippen LogP contribution in [0.4, 0.5) is 4.39 Å². The Morgan fingerprint density at radius 3 is 2.81 bits per heavy atom. The predicted octanol–water partition coefficient (Wildman–Crippen LogP) is 3.15. The number of halogens is 2. The minimum Gasteiger partial charge on any atom is -0.359 e. The highest BCUT2D eigenvalue weighted by molar-refractivity contribution is 6.30. The van der Waals surface area contributed by atoms with Gasteiger partial charge in [0.1, 0.15) is 11.5 Å². The van der Waals surface area contributed by atoms with Crippen LogP contribution in [0.3, 0.4) is 0 Å². The van der Waals surface area contributed by atoms with Crippen molar-refractivity contribution < 1.29 is 8.91 Å². The molecule has 16 heavy (non-hydrogen) atoms. The van der Waals surface area contributed by atoms with E-state index in [9.17, 15) is 4.39 Å². The molecule has 0 spiro atoms. The van der Waals surface area contributed by atoms with E-state index in [1.807, 2.05) is 0 Å². The molecule has 0 saturated carbocycles. The predicted molar refractivity (Wildman–Crippen MR) is 59.5 cm³/mol. The maximum Gasteiger partial charge on any atom is 0.153 e. The molecule has 1 aromatic heterocycles. The number of nitrogens with two attached hydrogens (primary N) is 1. The Bertz CT molecular complexity index is 510. The van der Waals surface area contributed by atoms with Crippen molar-refractivity contribution in [1.82, 2.24) is 5.16 Å². The number of benzene rings is 1. The average molecular weight is 241 g/mol. The van der Waals surface area contributed by atoms with Gasteiger partial charge in [-0.3, -0.25) is 0 Å². The largest absolute Gasteiger partial charge is 0.359 e. The Balaban J connectivity index is 2.46. The molecule has 84 valence electrons. The summed E-state index contributed by atoms with van der Waals surface area (Å²) in [6.45, 7) is 1.76. The lowest BCUT2D eigenvalue weighted by Gasteiger charge is -1.98. The van der Waals surface area contributed by atoms with E-state index < -0.39 is 5.82 Å². The van der Waals surface area contributed by atoms with Crippen LogP contribution in [0.25, 0.3) is 11.3 Å². The van der Waals surface area contributed by atoms with Crippen LogP contribution in [0.1, 0.15) is 18.7 Å². The molecule has 1 unspecified atom stereocenters. The molecule has 5 heteroatoms. The van der Waals surface area contributed by atoms with Crippen LogP contribution in [-0.4, -0.2) is 5.16 Å². The van der Waals surface area contributed by atoms with Crippen molar-refractivity contribution in [2.45, 2.75) is 13.0 Å². The molecular formula is C11H10ClFN2O. The molecule has 1 atom stereocenters. The van der Waals surface area contributed by atoms with E-state index in [0.29, 0.717) is 22.0 Å². The maximum atomic E-state index is 13.5. The fourth-order valence-corrected chi connectivity index (χ4v) is 1.50. The first-order chi connectivity index (χ1) is 7.58. The molecule has 2 aromatic rings. The second-order valence-electron chi connectivity index (χ2n) is 3.53. The summed E-state index contributed by atoms with van der Waals surface area (Å²) in [5, 5.41) is 4.20. The van der Waals surface area contributed by atoms with E-state index >= 15 is 0 Å². The summed E-state index contributed by atoms with van der Waals surface area (Å²) in [6.07, 6.45) is 0. The van der Waals surface area contributed by atoms with E-state index in [1.165, 1.54) is 18.2 Å². The number of nitrogens with zero attached hydrogens (tertiary/aromatic N) is 1. The van der Waals surface area contributed by atoms with Crippen molar-refractivity contribution >= 4 is 11.6 Å². The third-order valence-corrected chi connectivity index (χ3v) is 2.42. The van der Waals surface area contributed by atoms with E-state index in [1.54, 1.807) is 13.0 Å². The molecule has 0 aliphatic rings. The highest BCUT2D eigenvalue weighted by atomic mass is 35.5. The Hall–Kier alpha value is -1.39. The molecule has 0 amide bonds. The molecule has 1 heterocycles. The smallest absolute Gasteiger partial charge is 0.153 e. The number of hydrogen-bond donors (Lipinski definition) is 1. The van der Waals surface area contributed by atoms with E-state index in [-0.39, 0.29) is 6.04 Å². The van der Waals surface area contributed by atoms with Gasteiger partial charge in [-0.05, 0) is 25.1 Å². The minimum atomic E-state index is -0.395. The van der Waals surface area contributed by atoms with Crippen LogP contribution in [0.15, 0.2) is 28.8 Å². The van der Waals surface area contributed by atoms with Crippen molar-refractivity contribution in [2.24, 2.45) is 5.73 Å². The third-order valence-electron chi connectivity index (χ3n) is 2.18. The number of rotatable bonds is 2. The van der Waals surface area contributed by atoms with Gasteiger partial charge >= 0.3 is 0 Å². The first-order valence-corrected chi connectivity index (χ1v) is 5.13. The van der Waals surface area contributed by atoms with Crippen LogP contribution in [0.5, 0.6) is 0 Å². The van der Waals surface area contributed by atoms with Crippen LogP contribution >= 0.6 is 11.6 Å². The van der Waals surface area contributed by atoms with Crippen LogP contribution in [0, 0.1) is 5.82 Å². The maximum absolute atomic E-state index is 13.5. The lowest BCUT2D eigenvalue weighted by atomic mass is 10.1. The van der Waals surface area contributed by atoms with E-state index in [0.717, 1.165) is 0 Å². The molecule has 3 nitrogen and oxygen atoms in total. The average Bonchev–Trinajstić information content (AvgIpc) is 2.70. The Morgan fingerprint density at radius 2 is 2.19 bits per heavy atom. The molecule has 0 aliphatic heterocycles. The second kappa shape index (κ2) is 4.23. The van der Waals surface area contributed by atoms with Gasteiger partial charge in [0.05, 0.1) is 6.04 Å². The lowest BCUT2D eigenvalue weighted by Crippen LogP contribution is -2.02. The van der Waals surface area contributed by atoms with Crippen molar-refractivity contribution in [2.75, 3.05) is 0 Å². The van der Waals surface area contributed by atoms with Crippen molar-refractivity contribution in [1.29, 1.82) is 0 Å². The van der Waals surface area contributed by atoms with Gasteiger partial charge < -0.3 is 10.3 Å². The molecule has 2 rings (SSSR count). The first kappa shape index (κ1) is 11.1. The van der Waals surface area contributed by atoms with Gasteiger partial charge in [-0.25, -0.2) is 4.39 Å². The highest BCUT2D eigenvalue weighted by Crippen LogP contribution is 2.26. The molecule has 1 aromatic carbocycles. The van der Waals surface area contributed by atoms with Gasteiger partial charge in [-0.1, -0.05) is 16.8 Å². The fourth-order valence-electron chi connectivity index (χ4n) is 1.32. The van der Waals surface area contributed by atoms with Gasteiger partial charge in [0.15, 0.2) is 5.76 Å². The summed E-state index contributed by atoms with van der Waals surface area (Å²) in [6, 6.07) is 5.60. The van der Waals surface area contributed by atoms with Gasteiger partial charge in [0.2, 0.25) is 0 Å². The summed E-state index contributed by atoms with van der Waals surface area (Å²) in [5.41, 5.74) is 6.32. The van der Waals surface area contributed by atoms with Gasteiger partial charge in [-0.15, -0.1) is 0 Å². The number of hydrogen-bond acceptors (Lipinski definition) is 3. The quantitative estimate of drug-likeness (QED) is 0.877. The SMILES string of the molecule is CC(N)c1cc(-c2cc(Cl)ccc2F)no1. The number of aromatic nitrogens is 1. The lowest BCUT2D eigenvalue weighted by molar-refractivity contribution is 0.369. The molecular weight excluding hydrogens is 231 g/mol.